The molecule has 1 heterocycles. The summed E-state index contributed by atoms with van der Waals surface area (Å²) in [7, 11) is 0. The number of aromatic nitrogens is 1. The van der Waals surface area contributed by atoms with Crippen LogP contribution in [0.15, 0.2) is 73.1 Å². The van der Waals surface area contributed by atoms with Crippen molar-refractivity contribution in [2.45, 2.75) is 19.4 Å². The van der Waals surface area contributed by atoms with E-state index in [0.717, 1.165) is 11.1 Å². The molecule has 142 valence electrons. The lowest BCUT2D eigenvalue weighted by molar-refractivity contribution is -0.116. The average Bonchev–Trinajstić information content (AvgIpc) is 2.73. The highest BCUT2D eigenvalue weighted by Gasteiger charge is 2.13. The largest absolute Gasteiger partial charge is 0.348 e. The minimum absolute atomic E-state index is 0.211. The maximum absolute atomic E-state index is 12.9. The highest BCUT2D eigenvalue weighted by atomic mass is 19.1. The Hall–Kier alpha value is -3.54. The minimum Gasteiger partial charge on any atom is -0.348 e. The van der Waals surface area contributed by atoms with Crippen LogP contribution >= 0.6 is 0 Å². The summed E-state index contributed by atoms with van der Waals surface area (Å²) >= 11 is 0. The zero-order chi connectivity index (χ0) is 19.8. The number of amides is 2. The van der Waals surface area contributed by atoms with E-state index in [4.69, 9.17) is 0 Å². The molecule has 3 aromatic rings. The molecule has 2 aromatic carbocycles. The van der Waals surface area contributed by atoms with E-state index in [1.54, 1.807) is 54.9 Å². The highest BCUT2D eigenvalue weighted by Crippen LogP contribution is 2.16. The molecule has 0 aliphatic carbocycles. The van der Waals surface area contributed by atoms with Gasteiger partial charge in [0.15, 0.2) is 0 Å². The van der Waals surface area contributed by atoms with Crippen LogP contribution in [-0.4, -0.2) is 16.8 Å². The quantitative estimate of drug-likeness (QED) is 0.659. The van der Waals surface area contributed by atoms with E-state index < -0.39 is 0 Å². The van der Waals surface area contributed by atoms with Gasteiger partial charge in [0.25, 0.3) is 5.91 Å². The Kier molecular flexibility index (Phi) is 6.46. The third kappa shape index (κ3) is 5.48. The summed E-state index contributed by atoms with van der Waals surface area (Å²) in [6.07, 6.45) is 4.07. The summed E-state index contributed by atoms with van der Waals surface area (Å²) in [5.74, 6) is -0.797. The molecule has 0 aliphatic heterocycles. The fourth-order valence-corrected chi connectivity index (χ4v) is 2.69. The van der Waals surface area contributed by atoms with Gasteiger partial charge in [-0.2, -0.15) is 0 Å². The molecule has 0 atom stereocenters. The van der Waals surface area contributed by atoms with Crippen molar-refractivity contribution in [1.29, 1.82) is 0 Å². The van der Waals surface area contributed by atoms with Gasteiger partial charge >= 0.3 is 0 Å². The van der Waals surface area contributed by atoms with Gasteiger partial charge in [-0.3, -0.25) is 14.6 Å². The number of hydrogen-bond acceptors (Lipinski definition) is 3. The molecule has 0 saturated heterocycles. The lowest BCUT2D eigenvalue weighted by atomic mass is 10.1. The molecule has 0 saturated carbocycles. The van der Waals surface area contributed by atoms with Gasteiger partial charge in [-0.25, -0.2) is 4.39 Å². The third-order valence-corrected chi connectivity index (χ3v) is 4.18. The summed E-state index contributed by atoms with van der Waals surface area (Å²) in [5, 5.41) is 5.61. The molecule has 0 aliphatic rings. The Morgan fingerprint density at radius 3 is 2.46 bits per heavy atom. The zero-order valence-electron chi connectivity index (χ0n) is 15.2. The summed E-state index contributed by atoms with van der Waals surface area (Å²) in [4.78, 5) is 28.8. The van der Waals surface area contributed by atoms with Gasteiger partial charge < -0.3 is 10.6 Å². The Morgan fingerprint density at radius 2 is 1.71 bits per heavy atom. The van der Waals surface area contributed by atoms with Crippen LogP contribution in [0.2, 0.25) is 0 Å². The smallest absolute Gasteiger partial charge is 0.253 e. The fourth-order valence-electron chi connectivity index (χ4n) is 2.69. The molecule has 3 rings (SSSR count). The lowest BCUT2D eigenvalue weighted by Gasteiger charge is -2.11. The van der Waals surface area contributed by atoms with Crippen LogP contribution in [0.4, 0.5) is 10.1 Å². The van der Waals surface area contributed by atoms with Crippen LogP contribution in [0, 0.1) is 5.82 Å². The molecule has 0 spiro atoms. The molecule has 0 fully saturated rings. The van der Waals surface area contributed by atoms with Crippen molar-refractivity contribution >= 4 is 17.5 Å². The van der Waals surface area contributed by atoms with Gasteiger partial charge in [0.05, 0.1) is 11.3 Å². The van der Waals surface area contributed by atoms with E-state index in [9.17, 15) is 14.0 Å². The molecule has 5 nitrogen and oxygen atoms in total. The number of carbonyl (C=O) groups is 2. The summed E-state index contributed by atoms with van der Waals surface area (Å²) in [5.41, 5.74) is 2.60. The van der Waals surface area contributed by atoms with Crippen molar-refractivity contribution in [3.05, 3.63) is 95.6 Å². The third-order valence-electron chi connectivity index (χ3n) is 4.18. The first-order chi connectivity index (χ1) is 13.6. The SMILES string of the molecule is O=C(CCc1ccc(F)cc1)Nc1ccccc1C(=O)NCc1cccnc1. The first kappa shape index (κ1) is 19.2. The number of nitrogens with one attached hydrogen (secondary N) is 2. The molecule has 2 amide bonds. The van der Waals surface area contributed by atoms with Crippen LogP contribution in [0.3, 0.4) is 0 Å². The van der Waals surface area contributed by atoms with Crippen LogP contribution in [0.25, 0.3) is 0 Å². The van der Waals surface area contributed by atoms with Gasteiger partial charge in [0.1, 0.15) is 5.82 Å². The number of pyridine rings is 1. The molecule has 1 aromatic heterocycles. The van der Waals surface area contributed by atoms with Crippen molar-refractivity contribution in [3.8, 4) is 0 Å². The number of para-hydroxylation sites is 1. The normalized spacial score (nSPS) is 10.3. The van der Waals surface area contributed by atoms with Crippen molar-refractivity contribution in [2.24, 2.45) is 0 Å². The van der Waals surface area contributed by atoms with E-state index in [0.29, 0.717) is 24.2 Å². The van der Waals surface area contributed by atoms with Crippen LogP contribution in [0.1, 0.15) is 27.9 Å². The molecule has 0 bridgehead atoms. The Bertz CT molecular complexity index is 944. The van der Waals surface area contributed by atoms with Gasteiger partial charge in [-0.1, -0.05) is 30.3 Å². The predicted molar refractivity (Wildman–Crippen MR) is 105 cm³/mol. The van der Waals surface area contributed by atoms with E-state index in [-0.39, 0.29) is 24.1 Å². The van der Waals surface area contributed by atoms with Gasteiger partial charge in [0, 0.05) is 25.4 Å². The number of nitrogens with zero attached hydrogens (tertiary/aromatic N) is 1. The minimum atomic E-state index is -0.306. The van der Waals surface area contributed by atoms with E-state index in [2.05, 4.69) is 15.6 Å². The molecule has 6 heteroatoms. The maximum atomic E-state index is 12.9. The summed E-state index contributed by atoms with van der Waals surface area (Å²) < 4.78 is 12.9. The predicted octanol–water partition coefficient (Wildman–Crippen LogP) is 3.72. The van der Waals surface area contributed by atoms with Crippen molar-refractivity contribution in [1.82, 2.24) is 10.3 Å². The average molecular weight is 377 g/mol. The number of benzene rings is 2. The first-order valence-electron chi connectivity index (χ1n) is 8.92. The van der Waals surface area contributed by atoms with Gasteiger partial charge in [-0.05, 0) is 47.9 Å². The summed E-state index contributed by atoms with van der Waals surface area (Å²) in [6.45, 7) is 0.347. The van der Waals surface area contributed by atoms with Crippen molar-refractivity contribution in [3.63, 3.8) is 0 Å². The highest BCUT2D eigenvalue weighted by molar-refractivity contribution is 6.03. The van der Waals surface area contributed by atoms with Crippen LogP contribution < -0.4 is 10.6 Å². The van der Waals surface area contributed by atoms with E-state index >= 15 is 0 Å². The molecule has 0 radical (unpaired) electrons. The number of halogens is 1. The molecular formula is C22H20FN3O2. The standard InChI is InChI=1S/C22H20FN3O2/c23-18-10-7-16(8-11-18)9-12-21(27)26-20-6-2-1-5-19(20)22(28)25-15-17-4-3-13-24-14-17/h1-8,10-11,13-14H,9,12,15H2,(H,25,28)(H,26,27). The first-order valence-corrected chi connectivity index (χ1v) is 8.92. The molecule has 28 heavy (non-hydrogen) atoms. The topological polar surface area (TPSA) is 71.1 Å². The monoisotopic (exact) mass is 377 g/mol. The lowest BCUT2D eigenvalue weighted by Crippen LogP contribution is -2.25. The molecular weight excluding hydrogens is 357 g/mol. The molecule has 2 N–H and O–H groups in total. The number of aryl methyl sites for hydroxylation is 1. The van der Waals surface area contributed by atoms with Gasteiger partial charge in [0.2, 0.25) is 5.91 Å². The Balaban J connectivity index is 1.58. The fraction of sp³-hybridized carbons (Fsp3) is 0.136. The maximum Gasteiger partial charge on any atom is 0.253 e. The zero-order valence-corrected chi connectivity index (χ0v) is 15.2. The molecule has 0 unspecified atom stereocenters. The van der Waals surface area contributed by atoms with Crippen molar-refractivity contribution in [2.75, 3.05) is 5.32 Å². The second-order valence-corrected chi connectivity index (χ2v) is 6.26. The number of carbonyl (C=O) groups excluding carboxylic acids is 2. The second-order valence-electron chi connectivity index (χ2n) is 6.26. The second kappa shape index (κ2) is 9.41. The van der Waals surface area contributed by atoms with Crippen LogP contribution in [-0.2, 0) is 17.8 Å². The Morgan fingerprint density at radius 1 is 0.929 bits per heavy atom. The van der Waals surface area contributed by atoms with Crippen LogP contribution in [0.5, 0.6) is 0 Å². The van der Waals surface area contributed by atoms with Crippen molar-refractivity contribution < 1.29 is 14.0 Å². The summed E-state index contributed by atoms with van der Waals surface area (Å²) in [6, 6.07) is 16.6. The number of hydrogen-bond donors (Lipinski definition) is 2. The number of rotatable bonds is 7. The Labute approximate surface area is 162 Å². The van der Waals surface area contributed by atoms with Gasteiger partial charge in [-0.15, -0.1) is 0 Å². The number of anilines is 1. The van der Waals surface area contributed by atoms with E-state index in [1.165, 1.54) is 12.1 Å². The van der Waals surface area contributed by atoms with E-state index in [1.807, 2.05) is 6.07 Å².